The van der Waals surface area contributed by atoms with Gasteiger partial charge < -0.3 is 4.74 Å². The Morgan fingerprint density at radius 2 is 1.30 bits per heavy atom. The van der Waals surface area contributed by atoms with Gasteiger partial charge in [0, 0.05) is 0 Å². The number of rotatable bonds is 3. The third-order valence-corrected chi connectivity index (χ3v) is 3.08. The first-order chi connectivity index (χ1) is 9.81. The van der Waals surface area contributed by atoms with Crippen LogP contribution in [0.25, 0.3) is 11.4 Å². The maximum absolute atomic E-state index is 12.3. The number of hydrogen-bond acceptors (Lipinski definition) is 2. The van der Waals surface area contributed by atoms with Gasteiger partial charge in [-0.05, 0) is 24.3 Å². The second-order valence-electron chi connectivity index (χ2n) is 4.32. The second kappa shape index (κ2) is 5.09. The van der Waals surface area contributed by atoms with Crippen molar-refractivity contribution in [2.45, 2.75) is 0 Å². The van der Waals surface area contributed by atoms with E-state index in [2.05, 4.69) is 0 Å². The quantitative estimate of drug-likeness (QED) is 0.730. The summed E-state index contributed by atoms with van der Waals surface area (Å²) >= 11 is 0. The van der Waals surface area contributed by atoms with Crippen molar-refractivity contribution in [2.24, 2.45) is 0 Å². The van der Waals surface area contributed by atoms with E-state index in [1.165, 1.54) is 6.07 Å². The van der Waals surface area contributed by atoms with Crippen molar-refractivity contribution in [2.75, 3.05) is 7.11 Å². The van der Waals surface area contributed by atoms with Gasteiger partial charge in [0.15, 0.2) is 0 Å². The molecular weight excluding hydrogens is 252 g/mol. The summed E-state index contributed by atoms with van der Waals surface area (Å²) in [5.74, 6) is 0.505. The molecule has 1 heterocycles. The van der Waals surface area contributed by atoms with Crippen molar-refractivity contribution in [3.63, 3.8) is 0 Å². The largest absolute Gasteiger partial charge is 0.481 e. The molecule has 0 saturated heterocycles. The van der Waals surface area contributed by atoms with Crippen LogP contribution in [-0.2, 0) is 0 Å². The van der Waals surface area contributed by atoms with Crippen LogP contribution in [0.5, 0.6) is 5.88 Å². The fraction of sp³-hybridized carbons (Fsp3) is 0.0625. The Hall–Kier alpha value is -2.75. The molecule has 3 rings (SSSR count). The zero-order chi connectivity index (χ0) is 13.9. The number of benzene rings is 2. The summed E-state index contributed by atoms with van der Waals surface area (Å²) in [6, 6.07) is 20.6. The molecule has 3 aromatic rings. The topological polar surface area (TPSA) is 36.2 Å². The van der Waals surface area contributed by atoms with Crippen molar-refractivity contribution in [1.29, 1.82) is 0 Å². The van der Waals surface area contributed by atoms with Crippen LogP contribution in [0.2, 0.25) is 0 Å². The van der Waals surface area contributed by atoms with Gasteiger partial charge in [0.05, 0.1) is 24.6 Å². The monoisotopic (exact) mass is 266 g/mol. The summed E-state index contributed by atoms with van der Waals surface area (Å²) in [6.45, 7) is 0. The molecule has 0 amide bonds. The van der Waals surface area contributed by atoms with Crippen molar-refractivity contribution in [3.05, 3.63) is 77.1 Å². The molecule has 0 unspecified atom stereocenters. The molecule has 20 heavy (non-hydrogen) atoms. The van der Waals surface area contributed by atoms with E-state index < -0.39 is 0 Å². The lowest BCUT2D eigenvalue weighted by molar-refractivity contribution is 0.378. The molecule has 0 fully saturated rings. The minimum absolute atomic E-state index is 0.128. The van der Waals surface area contributed by atoms with E-state index in [4.69, 9.17) is 4.74 Å². The fourth-order valence-electron chi connectivity index (χ4n) is 2.19. The molecular formula is C16H14N2O2. The molecule has 4 heteroatoms. The van der Waals surface area contributed by atoms with Gasteiger partial charge in [0.25, 0.3) is 5.56 Å². The summed E-state index contributed by atoms with van der Waals surface area (Å²) in [6.07, 6.45) is 0. The van der Waals surface area contributed by atoms with Crippen LogP contribution in [0, 0.1) is 0 Å². The lowest BCUT2D eigenvalue weighted by Crippen LogP contribution is -2.20. The molecule has 0 aliphatic heterocycles. The van der Waals surface area contributed by atoms with Crippen LogP contribution < -0.4 is 10.3 Å². The Bertz CT molecular complexity index is 758. The Balaban J connectivity index is 2.30. The SMILES string of the molecule is COc1cc(=O)n(-c2ccccc2)n1-c1ccccc1. The number of ether oxygens (including phenoxy) is 1. The maximum Gasteiger partial charge on any atom is 0.275 e. The minimum Gasteiger partial charge on any atom is -0.481 e. The molecule has 0 aliphatic carbocycles. The highest BCUT2D eigenvalue weighted by Crippen LogP contribution is 2.19. The van der Waals surface area contributed by atoms with Crippen LogP contribution in [0.1, 0.15) is 0 Å². The molecule has 0 saturated carbocycles. The van der Waals surface area contributed by atoms with E-state index >= 15 is 0 Å². The van der Waals surface area contributed by atoms with Gasteiger partial charge in [-0.15, -0.1) is 0 Å². The molecule has 0 N–H and O–H groups in total. The van der Waals surface area contributed by atoms with Crippen LogP contribution in [0.4, 0.5) is 0 Å². The van der Waals surface area contributed by atoms with E-state index in [9.17, 15) is 4.79 Å². The summed E-state index contributed by atoms with van der Waals surface area (Å²) in [5, 5.41) is 0. The van der Waals surface area contributed by atoms with Gasteiger partial charge in [0.1, 0.15) is 0 Å². The summed E-state index contributed by atoms with van der Waals surface area (Å²) in [7, 11) is 1.56. The molecule has 0 aliphatic rings. The average Bonchev–Trinajstić information content (AvgIpc) is 2.85. The van der Waals surface area contributed by atoms with E-state index in [0.29, 0.717) is 5.88 Å². The highest BCUT2D eigenvalue weighted by molar-refractivity contribution is 5.40. The van der Waals surface area contributed by atoms with Crippen LogP contribution in [0.15, 0.2) is 71.5 Å². The normalized spacial score (nSPS) is 10.4. The Labute approximate surface area is 116 Å². The first kappa shape index (κ1) is 12.3. The summed E-state index contributed by atoms with van der Waals surface area (Å²) < 4.78 is 8.68. The van der Waals surface area contributed by atoms with Crippen LogP contribution in [0.3, 0.4) is 0 Å². The van der Waals surface area contributed by atoms with Gasteiger partial charge in [-0.1, -0.05) is 36.4 Å². The van der Waals surface area contributed by atoms with Crippen molar-refractivity contribution < 1.29 is 4.74 Å². The van der Waals surface area contributed by atoms with Gasteiger partial charge >= 0.3 is 0 Å². The second-order valence-corrected chi connectivity index (χ2v) is 4.32. The fourth-order valence-corrected chi connectivity index (χ4v) is 2.19. The molecule has 2 aromatic carbocycles. The predicted molar refractivity (Wildman–Crippen MR) is 77.9 cm³/mol. The third kappa shape index (κ3) is 2.01. The van der Waals surface area contributed by atoms with Gasteiger partial charge in [-0.3, -0.25) is 4.79 Å². The number of hydrogen-bond donors (Lipinski definition) is 0. The third-order valence-electron chi connectivity index (χ3n) is 3.08. The first-order valence-electron chi connectivity index (χ1n) is 6.31. The first-order valence-corrected chi connectivity index (χ1v) is 6.31. The molecule has 0 bridgehead atoms. The van der Waals surface area contributed by atoms with Crippen molar-refractivity contribution in [3.8, 4) is 17.3 Å². The average molecular weight is 266 g/mol. The molecule has 0 spiro atoms. The highest BCUT2D eigenvalue weighted by Gasteiger charge is 2.14. The van der Waals surface area contributed by atoms with Crippen molar-refractivity contribution in [1.82, 2.24) is 9.36 Å². The number of methoxy groups -OCH3 is 1. The van der Waals surface area contributed by atoms with Crippen LogP contribution in [-0.4, -0.2) is 16.5 Å². The van der Waals surface area contributed by atoms with E-state index in [1.54, 1.807) is 16.5 Å². The van der Waals surface area contributed by atoms with E-state index in [0.717, 1.165) is 11.4 Å². The highest BCUT2D eigenvalue weighted by atomic mass is 16.5. The Kier molecular flexibility index (Phi) is 3.13. The number of para-hydroxylation sites is 2. The summed E-state index contributed by atoms with van der Waals surface area (Å²) in [4.78, 5) is 12.3. The van der Waals surface area contributed by atoms with Crippen LogP contribution >= 0.6 is 0 Å². The maximum atomic E-state index is 12.3. The van der Waals surface area contributed by atoms with Gasteiger partial charge in [-0.25, -0.2) is 9.36 Å². The zero-order valence-electron chi connectivity index (χ0n) is 11.1. The van der Waals surface area contributed by atoms with Crippen molar-refractivity contribution >= 4 is 0 Å². The molecule has 0 atom stereocenters. The Morgan fingerprint density at radius 3 is 1.80 bits per heavy atom. The lowest BCUT2D eigenvalue weighted by Gasteiger charge is -2.13. The van der Waals surface area contributed by atoms with Gasteiger partial charge in [0.2, 0.25) is 5.88 Å². The molecule has 100 valence electrons. The smallest absolute Gasteiger partial charge is 0.275 e. The number of aromatic nitrogens is 2. The van der Waals surface area contributed by atoms with E-state index in [1.807, 2.05) is 60.7 Å². The lowest BCUT2D eigenvalue weighted by atomic mass is 10.3. The standard InChI is InChI=1S/C16H14N2O2/c1-20-16-12-15(19)17(13-8-4-2-5-9-13)18(16)14-10-6-3-7-11-14/h2-12H,1H3. The molecule has 4 nitrogen and oxygen atoms in total. The Morgan fingerprint density at radius 1 is 0.800 bits per heavy atom. The van der Waals surface area contributed by atoms with E-state index in [-0.39, 0.29) is 5.56 Å². The predicted octanol–water partition coefficient (Wildman–Crippen LogP) is 2.64. The zero-order valence-corrected chi connectivity index (χ0v) is 11.1. The molecule has 0 radical (unpaired) electrons. The minimum atomic E-state index is -0.128. The summed E-state index contributed by atoms with van der Waals surface area (Å²) in [5.41, 5.74) is 1.54. The number of nitrogens with zero attached hydrogens (tertiary/aromatic N) is 2. The van der Waals surface area contributed by atoms with Gasteiger partial charge in [-0.2, -0.15) is 0 Å². The molecule has 1 aromatic heterocycles.